The van der Waals surface area contributed by atoms with Gasteiger partial charge >= 0.3 is 0 Å². The predicted molar refractivity (Wildman–Crippen MR) is 58.5 cm³/mol. The quantitative estimate of drug-likeness (QED) is 0.628. The molecule has 5 nitrogen and oxygen atoms in total. The summed E-state index contributed by atoms with van der Waals surface area (Å²) in [6.45, 7) is 4.12. The van der Waals surface area contributed by atoms with Crippen molar-refractivity contribution in [1.29, 1.82) is 0 Å². The molecule has 1 heterocycles. The molecule has 1 amide bonds. The number of amides is 1. The minimum Gasteiger partial charge on any atom is -0.374 e. The maximum atomic E-state index is 11.0. The first-order valence-corrected chi connectivity index (χ1v) is 5.51. The fourth-order valence-electron chi connectivity index (χ4n) is 1.71. The number of hydrogen-bond donors (Lipinski definition) is 2. The van der Waals surface area contributed by atoms with Crippen molar-refractivity contribution in [3.05, 3.63) is 0 Å². The topological polar surface area (TPSA) is 67.6 Å². The molecule has 0 bridgehead atoms. The van der Waals surface area contributed by atoms with Crippen LogP contribution >= 0.6 is 0 Å². The molecule has 5 heteroatoms. The van der Waals surface area contributed by atoms with Gasteiger partial charge in [-0.1, -0.05) is 0 Å². The maximum absolute atomic E-state index is 11.0. The van der Waals surface area contributed by atoms with E-state index in [4.69, 9.17) is 10.5 Å². The second-order valence-corrected chi connectivity index (χ2v) is 3.81. The molecule has 1 saturated heterocycles. The highest BCUT2D eigenvalue weighted by Crippen LogP contribution is 2.05. The van der Waals surface area contributed by atoms with E-state index in [-0.39, 0.29) is 12.0 Å². The molecule has 1 aliphatic heterocycles. The molecule has 0 radical (unpaired) electrons. The molecule has 0 aliphatic carbocycles. The summed E-state index contributed by atoms with van der Waals surface area (Å²) in [7, 11) is 1.67. The third kappa shape index (κ3) is 4.59. The number of nitrogens with one attached hydrogen (secondary N) is 1. The van der Waals surface area contributed by atoms with Crippen LogP contribution in [0.5, 0.6) is 0 Å². The second-order valence-electron chi connectivity index (χ2n) is 3.81. The van der Waals surface area contributed by atoms with Gasteiger partial charge in [0, 0.05) is 33.1 Å². The van der Waals surface area contributed by atoms with Crippen molar-refractivity contribution in [3.63, 3.8) is 0 Å². The number of hydrogen-bond acceptors (Lipinski definition) is 4. The zero-order valence-electron chi connectivity index (χ0n) is 9.37. The largest absolute Gasteiger partial charge is 0.374 e. The van der Waals surface area contributed by atoms with Crippen molar-refractivity contribution in [3.8, 4) is 0 Å². The van der Waals surface area contributed by atoms with Crippen LogP contribution in [0.1, 0.15) is 12.8 Å². The van der Waals surface area contributed by atoms with Gasteiger partial charge < -0.3 is 15.8 Å². The van der Waals surface area contributed by atoms with E-state index in [1.54, 1.807) is 7.05 Å². The van der Waals surface area contributed by atoms with Gasteiger partial charge in [-0.25, -0.2) is 0 Å². The minimum atomic E-state index is 0.110. The highest BCUT2D eigenvalue weighted by Gasteiger charge is 2.18. The van der Waals surface area contributed by atoms with Crippen molar-refractivity contribution in [2.75, 3.05) is 39.8 Å². The number of rotatable bonds is 5. The van der Waals surface area contributed by atoms with Gasteiger partial charge in [0.2, 0.25) is 5.91 Å². The van der Waals surface area contributed by atoms with Gasteiger partial charge in [-0.15, -0.1) is 0 Å². The molecule has 1 aliphatic rings. The van der Waals surface area contributed by atoms with E-state index < -0.39 is 0 Å². The molecule has 1 atom stereocenters. The average molecular weight is 215 g/mol. The molecule has 0 aromatic carbocycles. The first-order chi connectivity index (χ1) is 7.26. The SMILES string of the molecule is CNC(=O)CCCN1CCOC(CN)C1. The van der Waals surface area contributed by atoms with Gasteiger partial charge in [-0.2, -0.15) is 0 Å². The number of carbonyl (C=O) groups excluding carboxylic acids is 1. The van der Waals surface area contributed by atoms with E-state index in [0.29, 0.717) is 13.0 Å². The standard InChI is InChI=1S/C10H21N3O2/c1-12-10(14)3-2-4-13-5-6-15-9(7-11)8-13/h9H,2-8,11H2,1H3,(H,12,14). The van der Waals surface area contributed by atoms with Crippen LogP contribution in [0, 0.1) is 0 Å². The molecule has 1 fully saturated rings. The Balaban J connectivity index is 2.12. The van der Waals surface area contributed by atoms with Gasteiger partial charge in [0.25, 0.3) is 0 Å². The molecular formula is C10H21N3O2. The summed E-state index contributed by atoms with van der Waals surface area (Å²) in [6, 6.07) is 0. The lowest BCUT2D eigenvalue weighted by Crippen LogP contribution is -2.45. The summed E-state index contributed by atoms with van der Waals surface area (Å²) in [4.78, 5) is 13.3. The first-order valence-electron chi connectivity index (χ1n) is 5.51. The monoisotopic (exact) mass is 215 g/mol. The predicted octanol–water partition coefficient (Wildman–Crippen LogP) is -0.828. The lowest BCUT2D eigenvalue weighted by atomic mass is 10.2. The zero-order chi connectivity index (χ0) is 11.1. The summed E-state index contributed by atoms with van der Waals surface area (Å²) in [5.41, 5.74) is 5.55. The fourth-order valence-corrected chi connectivity index (χ4v) is 1.71. The molecule has 1 unspecified atom stereocenters. The molecule has 88 valence electrons. The van der Waals surface area contributed by atoms with E-state index in [0.717, 1.165) is 32.7 Å². The van der Waals surface area contributed by atoms with Crippen molar-refractivity contribution >= 4 is 5.91 Å². The second kappa shape index (κ2) is 6.76. The summed E-state index contributed by atoms with van der Waals surface area (Å²) in [6.07, 6.45) is 1.66. The van der Waals surface area contributed by atoms with Gasteiger partial charge in [0.05, 0.1) is 12.7 Å². The van der Waals surface area contributed by atoms with E-state index in [1.165, 1.54) is 0 Å². The number of nitrogens with two attached hydrogens (primary N) is 1. The highest BCUT2D eigenvalue weighted by molar-refractivity contribution is 5.75. The van der Waals surface area contributed by atoms with Crippen LogP contribution in [-0.2, 0) is 9.53 Å². The van der Waals surface area contributed by atoms with Crippen molar-refractivity contribution < 1.29 is 9.53 Å². The van der Waals surface area contributed by atoms with E-state index >= 15 is 0 Å². The average Bonchev–Trinajstić information content (AvgIpc) is 2.29. The molecule has 15 heavy (non-hydrogen) atoms. The van der Waals surface area contributed by atoms with Gasteiger partial charge in [-0.05, 0) is 13.0 Å². The molecule has 0 aromatic heterocycles. The Labute approximate surface area is 90.9 Å². The third-order valence-corrected chi connectivity index (χ3v) is 2.64. The minimum absolute atomic E-state index is 0.110. The highest BCUT2D eigenvalue weighted by atomic mass is 16.5. The van der Waals surface area contributed by atoms with Crippen LogP contribution < -0.4 is 11.1 Å². The third-order valence-electron chi connectivity index (χ3n) is 2.64. The lowest BCUT2D eigenvalue weighted by Gasteiger charge is -2.32. The fraction of sp³-hybridized carbons (Fsp3) is 0.900. The Morgan fingerprint density at radius 3 is 3.13 bits per heavy atom. The smallest absolute Gasteiger partial charge is 0.219 e. The van der Waals surface area contributed by atoms with Gasteiger partial charge in [0.15, 0.2) is 0 Å². The summed E-state index contributed by atoms with van der Waals surface area (Å²) in [5.74, 6) is 0.110. The Bertz CT molecular complexity index is 199. The van der Waals surface area contributed by atoms with Crippen molar-refractivity contribution in [1.82, 2.24) is 10.2 Å². The van der Waals surface area contributed by atoms with E-state index in [1.807, 2.05) is 0 Å². The molecule has 3 N–H and O–H groups in total. The zero-order valence-corrected chi connectivity index (χ0v) is 9.37. The van der Waals surface area contributed by atoms with E-state index in [9.17, 15) is 4.79 Å². The maximum Gasteiger partial charge on any atom is 0.219 e. The summed E-state index contributed by atoms with van der Waals surface area (Å²) in [5, 5.41) is 2.62. The normalized spacial score (nSPS) is 22.7. The Kier molecular flexibility index (Phi) is 5.60. The molecule has 0 spiro atoms. The van der Waals surface area contributed by atoms with E-state index in [2.05, 4.69) is 10.2 Å². The molecular weight excluding hydrogens is 194 g/mol. The van der Waals surface area contributed by atoms with Crippen LogP contribution in [0.2, 0.25) is 0 Å². The van der Waals surface area contributed by atoms with Crippen molar-refractivity contribution in [2.24, 2.45) is 5.73 Å². The molecule has 0 aromatic rings. The van der Waals surface area contributed by atoms with Crippen LogP contribution in [-0.4, -0.2) is 56.7 Å². The lowest BCUT2D eigenvalue weighted by molar-refractivity contribution is -0.120. The number of nitrogens with zero attached hydrogens (tertiary/aromatic N) is 1. The van der Waals surface area contributed by atoms with Gasteiger partial charge in [-0.3, -0.25) is 9.69 Å². The molecule has 1 rings (SSSR count). The van der Waals surface area contributed by atoms with Crippen LogP contribution in [0.4, 0.5) is 0 Å². The summed E-state index contributed by atoms with van der Waals surface area (Å²) < 4.78 is 5.46. The van der Waals surface area contributed by atoms with Crippen LogP contribution in [0.15, 0.2) is 0 Å². The van der Waals surface area contributed by atoms with Crippen LogP contribution in [0.3, 0.4) is 0 Å². The van der Waals surface area contributed by atoms with Crippen LogP contribution in [0.25, 0.3) is 0 Å². The Hall–Kier alpha value is -0.650. The summed E-state index contributed by atoms with van der Waals surface area (Å²) >= 11 is 0. The van der Waals surface area contributed by atoms with Crippen molar-refractivity contribution in [2.45, 2.75) is 18.9 Å². The number of carbonyl (C=O) groups is 1. The Morgan fingerprint density at radius 2 is 2.47 bits per heavy atom. The Morgan fingerprint density at radius 1 is 1.67 bits per heavy atom. The number of morpholine rings is 1. The first kappa shape index (κ1) is 12.4. The van der Waals surface area contributed by atoms with Gasteiger partial charge in [0.1, 0.15) is 0 Å². The number of ether oxygens (including phenoxy) is 1. The molecule has 0 saturated carbocycles.